The van der Waals surface area contributed by atoms with Crippen molar-refractivity contribution in [1.82, 2.24) is 0 Å². The zero-order valence-electron chi connectivity index (χ0n) is 13.3. The van der Waals surface area contributed by atoms with E-state index in [2.05, 4.69) is 12.2 Å². The van der Waals surface area contributed by atoms with Gasteiger partial charge in [0, 0.05) is 17.3 Å². The third-order valence-corrected chi connectivity index (χ3v) is 3.46. The van der Waals surface area contributed by atoms with Crippen LogP contribution in [0, 0.1) is 5.82 Å². The van der Waals surface area contributed by atoms with Crippen molar-refractivity contribution in [3.8, 4) is 5.75 Å². The minimum Gasteiger partial charge on any atom is -0.494 e. The topological polar surface area (TPSA) is 38.3 Å². The minimum absolute atomic E-state index is 0.273. The maximum atomic E-state index is 12.9. The van der Waals surface area contributed by atoms with E-state index in [1.807, 2.05) is 12.1 Å². The molecule has 0 spiro atoms. The van der Waals surface area contributed by atoms with Gasteiger partial charge in [-0.25, -0.2) is 4.39 Å². The van der Waals surface area contributed by atoms with Crippen LogP contribution in [0.3, 0.4) is 0 Å². The number of amides is 1. The molecule has 2 aromatic rings. The molecule has 2 aromatic carbocycles. The van der Waals surface area contributed by atoms with Gasteiger partial charge in [-0.1, -0.05) is 32.3 Å². The van der Waals surface area contributed by atoms with Gasteiger partial charge in [0.2, 0.25) is 0 Å². The fourth-order valence-electron chi connectivity index (χ4n) is 2.19. The lowest BCUT2D eigenvalue weighted by Gasteiger charge is -2.09. The quantitative estimate of drug-likeness (QED) is 0.693. The number of nitrogens with one attached hydrogen (secondary N) is 1. The molecule has 0 aliphatic heterocycles. The van der Waals surface area contributed by atoms with Crippen molar-refractivity contribution < 1.29 is 13.9 Å². The number of ether oxygens (including phenoxy) is 1. The molecule has 0 radical (unpaired) electrons. The van der Waals surface area contributed by atoms with Crippen molar-refractivity contribution in [3.63, 3.8) is 0 Å². The predicted molar refractivity (Wildman–Crippen MR) is 90.4 cm³/mol. The fraction of sp³-hybridized carbons (Fsp3) is 0.316. The molecule has 0 unspecified atom stereocenters. The third kappa shape index (κ3) is 5.74. The van der Waals surface area contributed by atoms with E-state index >= 15 is 0 Å². The monoisotopic (exact) mass is 315 g/mol. The molecule has 122 valence electrons. The molecule has 23 heavy (non-hydrogen) atoms. The van der Waals surface area contributed by atoms with E-state index in [1.54, 1.807) is 12.1 Å². The summed E-state index contributed by atoms with van der Waals surface area (Å²) >= 11 is 0. The second kappa shape index (κ2) is 8.93. The Morgan fingerprint density at radius 2 is 1.87 bits per heavy atom. The number of anilines is 1. The maximum absolute atomic E-state index is 12.9. The van der Waals surface area contributed by atoms with E-state index in [-0.39, 0.29) is 11.7 Å². The Morgan fingerprint density at radius 3 is 2.61 bits per heavy atom. The number of hydrogen-bond donors (Lipinski definition) is 1. The van der Waals surface area contributed by atoms with Crippen molar-refractivity contribution in [2.45, 2.75) is 32.6 Å². The summed E-state index contributed by atoms with van der Waals surface area (Å²) in [7, 11) is 0. The molecule has 0 bridgehead atoms. The fourth-order valence-corrected chi connectivity index (χ4v) is 2.19. The summed E-state index contributed by atoms with van der Waals surface area (Å²) in [6.07, 6.45) is 4.61. The summed E-state index contributed by atoms with van der Waals surface area (Å²) in [6.45, 7) is 2.85. The first-order valence-corrected chi connectivity index (χ1v) is 7.99. The highest BCUT2D eigenvalue weighted by Gasteiger charge is 2.06. The molecule has 0 atom stereocenters. The van der Waals surface area contributed by atoms with Crippen LogP contribution in [0.15, 0.2) is 48.5 Å². The van der Waals surface area contributed by atoms with Crippen molar-refractivity contribution >= 4 is 11.6 Å². The van der Waals surface area contributed by atoms with Gasteiger partial charge in [-0.15, -0.1) is 0 Å². The van der Waals surface area contributed by atoms with Crippen LogP contribution < -0.4 is 10.1 Å². The Kier molecular flexibility index (Phi) is 6.60. The van der Waals surface area contributed by atoms with Gasteiger partial charge in [-0.05, 0) is 42.8 Å². The van der Waals surface area contributed by atoms with E-state index in [0.29, 0.717) is 17.9 Å². The molecule has 0 heterocycles. The van der Waals surface area contributed by atoms with Gasteiger partial charge >= 0.3 is 0 Å². The minimum atomic E-state index is -0.361. The number of carbonyl (C=O) groups is 1. The van der Waals surface area contributed by atoms with Gasteiger partial charge in [0.15, 0.2) is 0 Å². The van der Waals surface area contributed by atoms with Gasteiger partial charge in [-0.3, -0.25) is 4.79 Å². The van der Waals surface area contributed by atoms with Crippen LogP contribution in [0.5, 0.6) is 5.75 Å². The highest BCUT2D eigenvalue weighted by atomic mass is 19.1. The zero-order valence-corrected chi connectivity index (χ0v) is 13.3. The van der Waals surface area contributed by atoms with E-state index in [4.69, 9.17) is 4.74 Å². The summed E-state index contributed by atoms with van der Waals surface area (Å²) in [5.74, 6) is 0.100. The molecule has 3 nitrogen and oxygen atoms in total. The number of benzene rings is 2. The van der Waals surface area contributed by atoms with E-state index in [9.17, 15) is 9.18 Å². The van der Waals surface area contributed by atoms with Crippen LogP contribution in [0.1, 0.15) is 43.0 Å². The molecule has 2 rings (SSSR count). The van der Waals surface area contributed by atoms with Crippen molar-refractivity contribution in [2.24, 2.45) is 0 Å². The number of halogens is 1. The SMILES string of the molecule is CCCCCCOc1cccc(NC(=O)c2ccc(F)cc2)c1. The molecular weight excluding hydrogens is 293 g/mol. The molecule has 0 aliphatic carbocycles. The lowest BCUT2D eigenvalue weighted by molar-refractivity contribution is 0.102. The van der Waals surface area contributed by atoms with E-state index in [1.165, 1.54) is 37.1 Å². The first kappa shape index (κ1) is 17.0. The highest BCUT2D eigenvalue weighted by Crippen LogP contribution is 2.18. The molecule has 0 saturated carbocycles. The normalized spacial score (nSPS) is 10.3. The zero-order chi connectivity index (χ0) is 16.5. The van der Waals surface area contributed by atoms with Crippen LogP contribution in [0.4, 0.5) is 10.1 Å². The third-order valence-electron chi connectivity index (χ3n) is 3.46. The first-order valence-electron chi connectivity index (χ1n) is 7.99. The average Bonchev–Trinajstić information content (AvgIpc) is 2.55. The Morgan fingerprint density at radius 1 is 1.09 bits per heavy atom. The maximum Gasteiger partial charge on any atom is 0.255 e. The number of rotatable bonds is 8. The lowest BCUT2D eigenvalue weighted by atomic mass is 10.2. The van der Waals surface area contributed by atoms with Crippen LogP contribution in [-0.4, -0.2) is 12.5 Å². The Balaban J connectivity index is 1.89. The largest absolute Gasteiger partial charge is 0.494 e. The van der Waals surface area contributed by atoms with E-state index in [0.717, 1.165) is 18.6 Å². The molecule has 0 aromatic heterocycles. The second-order valence-corrected chi connectivity index (χ2v) is 5.40. The molecule has 0 fully saturated rings. The number of unbranched alkanes of at least 4 members (excludes halogenated alkanes) is 3. The van der Waals surface area contributed by atoms with Gasteiger partial charge < -0.3 is 10.1 Å². The van der Waals surface area contributed by atoms with Gasteiger partial charge in [0.25, 0.3) is 5.91 Å². The van der Waals surface area contributed by atoms with Gasteiger partial charge in [0.05, 0.1) is 6.61 Å². The number of carbonyl (C=O) groups excluding carboxylic acids is 1. The molecule has 0 aliphatic rings. The Hall–Kier alpha value is -2.36. The summed E-state index contributed by atoms with van der Waals surface area (Å²) in [6, 6.07) is 12.7. The van der Waals surface area contributed by atoms with Gasteiger partial charge in [-0.2, -0.15) is 0 Å². The first-order chi connectivity index (χ1) is 11.2. The molecule has 4 heteroatoms. The molecule has 1 amide bonds. The number of hydrogen-bond acceptors (Lipinski definition) is 2. The predicted octanol–water partition coefficient (Wildman–Crippen LogP) is 5.04. The van der Waals surface area contributed by atoms with Crippen LogP contribution >= 0.6 is 0 Å². The Bertz CT molecular complexity index is 626. The summed E-state index contributed by atoms with van der Waals surface area (Å²) in [4.78, 5) is 12.1. The second-order valence-electron chi connectivity index (χ2n) is 5.40. The van der Waals surface area contributed by atoms with Crippen molar-refractivity contribution in [2.75, 3.05) is 11.9 Å². The molecular formula is C19H22FNO2. The summed E-state index contributed by atoms with van der Waals surface area (Å²) in [5, 5.41) is 2.79. The molecule has 1 N–H and O–H groups in total. The lowest BCUT2D eigenvalue weighted by Crippen LogP contribution is -2.11. The van der Waals surface area contributed by atoms with Crippen molar-refractivity contribution in [3.05, 3.63) is 59.9 Å². The van der Waals surface area contributed by atoms with Gasteiger partial charge in [0.1, 0.15) is 11.6 Å². The van der Waals surface area contributed by atoms with Crippen LogP contribution in [-0.2, 0) is 0 Å². The summed E-state index contributed by atoms with van der Waals surface area (Å²) in [5.41, 5.74) is 1.07. The smallest absolute Gasteiger partial charge is 0.255 e. The average molecular weight is 315 g/mol. The van der Waals surface area contributed by atoms with Crippen LogP contribution in [0.25, 0.3) is 0 Å². The summed E-state index contributed by atoms with van der Waals surface area (Å²) < 4.78 is 18.6. The standard InChI is InChI=1S/C19H22FNO2/c1-2-3-4-5-13-23-18-8-6-7-17(14-18)21-19(22)15-9-11-16(20)12-10-15/h6-12,14H,2-5,13H2,1H3,(H,21,22). The highest BCUT2D eigenvalue weighted by molar-refractivity contribution is 6.04. The van der Waals surface area contributed by atoms with Crippen LogP contribution in [0.2, 0.25) is 0 Å². The van der Waals surface area contributed by atoms with E-state index < -0.39 is 0 Å². The Labute approximate surface area is 136 Å². The molecule has 0 saturated heterocycles. The van der Waals surface area contributed by atoms with Crippen molar-refractivity contribution in [1.29, 1.82) is 0 Å².